The Morgan fingerprint density at radius 1 is 1.33 bits per heavy atom. The molecule has 1 heterocycles. The molecule has 0 aliphatic heterocycles. The van der Waals surface area contributed by atoms with Crippen molar-refractivity contribution in [3.05, 3.63) is 56.2 Å². The fraction of sp³-hybridized carbons (Fsp3) is 0.333. The minimum atomic E-state index is -0.431. The normalized spacial score (nSPS) is 14.1. The number of carbonyl (C=O) groups is 2. The van der Waals surface area contributed by atoms with E-state index in [1.54, 1.807) is 12.1 Å². The highest BCUT2D eigenvalue weighted by atomic mass is 35.5. The number of aryl methyl sites for hydroxylation is 2. The lowest BCUT2D eigenvalue weighted by molar-refractivity contribution is -0.124. The molecule has 0 fully saturated rings. The molecule has 4 nitrogen and oxygen atoms in total. The monoisotopic (exact) mass is 363 g/mol. The van der Waals surface area contributed by atoms with E-state index >= 15 is 0 Å². The lowest BCUT2D eigenvalue weighted by Crippen LogP contribution is -2.31. The summed E-state index contributed by atoms with van der Waals surface area (Å²) in [5.41, 5.74) is 2.14. The van der Waals surface area contributed by atoms with Crippen molar-refractivity contribution < 1.29 is 14.3 Å². The van der Waals surface area contributed by atoms with E-state index in [2.05, 4.69) is 5.32 Å². The summed E-state index contributed by atoms with van der Waals surface area (Å²) >= 11 is 7.42. The average molecular weight is 364 g/mol. The SMILES string of the molecule is C[C@H](NC(=O)COC(=O)c1cc2c(s1)CCC2)c1cccc(Cl)c1. The van der Waals surface area contributed by atoms with Gasteiger partial charge < -0.3 is 10.1 Å². The molecule has 1 aliphatic rings. The second-order valence-electron chi connectivity index (χ2n) is 5.83. The number of benzene rings is 1. The molecule has 2 aromatic rings. The summed E-state index contributed by atoms with van der Waals surface area (Å²) in [4.78, 5) is 25.9. The van der Waals surface area contributed by atoms with Crippen molar-refractivity contribution in [3.8, 4) is 0 Å². The first-order valence-electron chi connectivity index (χ1n) is 7.86. The number of carbonyl (C=O) groups excluding carboxylic acids is 2. The molecule has 24 heavy (non-hydrogen) atoms. The molecule has 126 valence electrons. The number of thiophene rings is 1. The maximum atomic E-state index is 12.0. The van der Waals surface area contributed by atoms with E-state index in [-0.39, 0.29) is 18.6 Å². The number of hydrogen-bond acceptors (Lipinski definition) is 4. The zero-order valence-electron chi connectivity index (χ0n) is 13.3. The van der Waals surface area contributed by atoms with Gasteiger partial charge in [0.05, 0.1) is 6.04 Å². The molecule has 1 N–H and O–H groups in total. The molecular formula is C18H18ClNO3S. The molecule has 0 radical (unpaired) electrons. The molecule has 0 spiro atoms. The molecular weight excluding hydrogens is 346 g/mol. The maximum Gasteiger partial charge on any atom is 0.348 e. The summed E-state index contributed by atoms with van der Waals surface area (Å²) < 4.78 is 5.12. The molecule has 1 aliphatic carbocycles. The van der Waals surface area contributed by atoms with E-state index in [0.29, 0.717) is 9.90 Å². The van der Waals surface area contributed by atoms with Crippen molar-refractivity contribution in [1.29, 1.82) is 0 Å². The minimum absolute atomic E-state index is 0.208. The van der Waals surface area contributed by atoms with Crippen LogP contribution in [0.1, 0.15) is 45.1 Å². The van der Waals surface area contributed by atoms with Crippen molar-refractivity contribution in [2.24, 2.45) is 0 Å². The lowest BCUT2D eigenvalue weighted by Gasteiger charge is -2.14. The van der Waals surface area contributed by atoms with Gasteiger partial charge in [-0.05, 0) is 55.5 Å². The Balaban J connectivity index is 1.50. The van der Waals surface area contributed by atoms with Crippen LogP contribution >= 0.6 is 22.9 Å². The average Bonchev–Trinajstić information content (AvgIpc) is 3.14. The number of amides is 1. The Kier molecular flexibility index (Phi) is 5.21. The van der Waals surface area contributed by atoms with Crippen molar-refractivity contribution in [2.75, 3.05) is 6.61 Å². The topological polar surface area (TPSA) is 55.4 Å². The summed E-state index contributed by atoms with van der Waals surface area (Å²) in [6, 6.07) is 8.97. The Hall–Kier alpha value is -1.85. The highest BCUT2D eigenvalue weighted by Gasteiger charge is 2.20. The molecule has 1 aromatic carbocycles. The fourth-order valence-electron chi connectivity index (χ4n) is 2.77. The number of ether oxygens (including phenoxy) is 1. The van der Waals surface area contributed by atoms with Gasteiger partial charge in [0.2, 0.25) is 0 Å². The number of hydrogen-bond donors (Lipinski definition) is 1. The van der Waals surface area contributed by atoms with Gasteiger partial charge in [0.1, 0.15) is 4.88 Å². The third-order valence-corrected chi connectivity index (χ3v) is 5.46. The Labute approximate surface area is 149 Å². The van der Waals surface area contributed by atoms with Crippen LogP contribution in [0.3, 0.4) is 0 Å². The van der Waals surface area contributed by atoms with Crippen LogP contribution in [0.5, 0.6) is 0 Å². The van der Waals surface area contributed by atoms with E-state index in [9.17, 15) is 9.59 Å². The van der Waals surface area contributed by atoms with E-state index < -0.39 is 5.97 Å². The molecule has 0 unspecified atom stereocenters. The summed E-state index contributed by atoms with van der Waals surface area (Å²) in [5.74, 6) is -0.764. The highest BCUT2D eigenvalue weighted by Crippen LogP contribution is 2.30. The zero-order valence-corrected chi connectivity index (χ0v) is 14.9. The van der Waals surface area contributed by atoms with Crippen molar-refractivity contribution in [3.63, 3.8) is 0 Å². The second-order valence-corrected chi connectivity index (χ2v) is 7.41. The maximum absolute atomic E-state index is 12.0. The number of rotatable bonds is 5. The fourth-order valence-corrected chi connectivity index (χ4v) is 4.12. The molecule has 0 saturated carbocycles. The van der Waals surface area contributed by atoms with Crippen LogP contribution in [-0.2, 0) is 22.4 Å². The van der Waals surface area contributed by atoms with Gasteiger partial charge in [-0.15, -0.1) is 11.3 Å². The van der Waals surface area contributed by atoms with Gasteiger partial charge >= 0.3 is 5.97 Å². The summed E-state index contributed by atoms with van der Waals surface area (Å²) in [5, 5.41) is 3.41. The van der Waals surface area contributed by atoms with E-state index in [4.69, 9.17) is 16.3 Å². The quantitative estimate of drug-likeness (QED) is 0.819. The molecule has 3 rings (SSSR count). The molecule has 0 bridgehead atoms. The van der Waals surface area contributed by atoms with Crippen molar-refractivity contribution >= 4 is 34.8 Å². The molecule has 1 amide bonds. The van der Waals surface area contributed by atoms with Crippen LogP contribution in [-0.4, -0.2) is 18.5 Å². The van der Waals surface area contributed by atoms with Gasteiger partial charge in [-0.1, -0.05) is 23.7 Å². The third-order valence-electron chi connectivity index (χ3n) is 4.01. The Bertz CT molecular complexity index is 750. The van der Waals surface area contributed by atoms with Gasteiger partial charge in [-0.25, -0.2) is 4.79 Å². The first-order chi connectivity index (χ1) is 11.5. The van der Waals surface area contributed by atoms with Crippen molar-refractivity contribution in [2.45, 2.75) is 32.2 Å². The van der Waals surface area contributed by atoms with Gasteiger partial charge in [0.25, 0.3) is 5.91 Å². The summed E-state index contributed by atoms with van der Waals surface area (Å²) in [7, 11) is 0. The van der Waals surface area contributed by atoms with Crippen LogP contribution in [0, 0.1) is 0 Å². The number of fused-ring (bicyclic) bond motifs is 1. The Morgan fingerprint density at radius 2 is 2.17 bits per heavy atom. The number of halogens is 1. The largest absolute Gasteiger partial charge is 0.451 e. The summed E-state index contributed by atoms with van der Waals surface area (Å²) in [6.45, 7) is 1.57. The summed E-state index contributed by atoms with van der Waals surface area (Å²) in [6.07, 6.45) is 3.21. The van der Waals surface area contributed by atoms with Gasteiger partial charge in [-0.3, -0.25) is 4.79 Å². The lowest BCUT2D eigenvalue weighted by atomic mass is 10.1. The van der Waals surface area contributed by atoms with Crippen LogP contribution in [0.2, 0.25) is 5.02 Å². The number of esters is 1. The standard InChI is InChI=1S/C18H18ClNO3S/c1-11(12-4-2-6-14(19)8-12)20-17(21)10-23-18(22)16-9-13-5-3-7-15(13)24-16/h2,4,6,8-9,11H,3,5,7,10H2,1H3,(H,20,21)/t11-/m0/s1. The minimum Gasteiger partial charge on any atom is -0.451 e. The van der Waals surface area contributed by atoms with Gasteiger partial charge in [-0.2, -0.15) is 0 Å². The molecule has 1 aromatic heterocycles. The Morgan fingerprint density at radius 3 is 2.92 bits per heavy atom. The van der Waals surface area contributed by atoms with E-state index in [0.717, 1.165) is 24.8 Å². The van der Waals surface area contributed by atoms with Crippen LogP contribution in [0.4, 0.5) is 0 Å². The first-order valence-corrected chi connectivity index (χ1v) is 9.06. The third kappa shape index (κ3) is 3.97. The number of nitrogens with one attached hydrogen (secondary N) is 1. The predicted octanol–water partition coefficient (Wildman–Crippen LogP) is 3.92. The van der Waals surface area contributed by atoms with Crippen LogP contribution in [0.15, 0.2) is 30.3 Å². The highest BCUT2D eigenvalue weighted by molar-refractivity contribution is 7.14. The molecule has 0 saturated heterocycles. The van der Waals surface area contributed by atoms with Crippen LogP contribution in [0.25, 0.3) is 0 Å². The predicted molar refractivity (Wildman–Crippen MR) is 94.6 cm³/mol. The van der Waals surface area contributed by atoms with Crippen LogP contribution < -0.4 is 5.32 Å². The van der Waals surface area contributed by atoms with E-state index in [1.165, 1.54) is 21.8 Å². The molecule has 1 atom stereocenters. The van der Waals surface area contributed by atoms with Gasteiger partial charge in [0, 0.05) is 9.90 Å². The zero-order chi connectivity index (χ0) is 17.1. The van der Waals surface area contributed by atoms with Gasteiger partial charge in [0.15, 0.2) is 6.61 Å². The molecule has 6 heteroatoms. The smallest absolute Gasteiger partial charge is 0.348 e. The van der Waals surface area contributed by atoms with Crippen molar-refractivity contribution in [1.82, 2.24) is 5.32 Å². The first kappa shape index (κ1) is 17.0. The second kappa shape index (κ2) is 7.36. The van der Waals surface area contributed by atoms with E-state index in [1.807, 2.05) is 25.1 Å².